The molecular weight excluding hydrogens is 251 g/mol. The Bertz CT molecular complexity index is 469. The molecule has 0 spiro atoms. The van der Waals surface area contributed by atoms with Gasteiger partial charge in [0.25, 0.3) is 0 Å². The molecule has 5 nitrogen and oxygen atoms in total. The van der Waals surface area contributed by atoms with Gasteiger partial charge in [-0.2, -0.15) is 0 Å². The molecule has 1 aliphatic heterocycles. The zero-order valence-corrected chi connectivity index (χ0v) is 10.7. The number of hydrogen-bond acceptors (Lipinski definition) is 3. The fourth-order valence-corrected chi connectivity index (χ4v) is 2.46. The lowest BCUT2D eigenvalue weighted by molar-refractivity contribution is 0.0676. The zero-order valence-electron chi connectivity index (χ0n) is 10.7. The Morgan fingerprint density at radius 1 is 1.63 bits per heavy atom. The van der Waals surface area contributed by atoms with Crippen LogP contribution in [0.3, 0.4) is 0 Å². The molecule has 2 heterocycles. The number of likely N-dealkylation sites (tertiary alicyclic amines) is 1. The fraction of sp³-hybridized carbons (Fsp3) is 0.538. The maximum Gasteiger partial charge on any atom is 0.407 e. The lowest BCUT2D eigenvalue weighted by Gasteiger charge is -2.25. The highest BCUT2D eigenvalue weighted by Crippen LogP contribution is 2.24. The van der Waals surface area contributed by atoms with Gasteiger partial charge in [-0.3, -0.25) is 9.88 Å². The molecule has 1 amide bonds. The van der Waals surface area contributed by atoms with E-state index in [2.05, 4.69) is 4.98 Å². The van der Waals surface area contributed by atoms with Crippen molar-refractivity contribution in [3.8, 4) is 0 Å². The summed E-state index contributed by atoms with van der Waals surface area (Å²) in [7, 11) is 0. The van der Waals surface area contributed by atoms with Crippen LogP contribution >= 0.6 is 0 Å². The molecule has 3 atom stereocenters. The van der Waals surface area contributed by atoms with Crippen LogP contribution < -0.4 is 0 Å². The van der Waals surface area contributed by atoms with Gasteiger partial charge in [0.05, 0.1) is 18.7 Å². The van der Waals surface area contributed by atoms with Gasteiger partial charge in [-0.25, -0.2) is 9.18 Å². The Morgan fingerprint density at radius 2 is 2.37 bits per heavy atom. The summed E-state index contributed by atoms with van der Waals surface area (Å²) in [5.41, 5.74) is 1.51. The Balaban J connectivity index is 2.06. The summed E-state index contributed by atoms with van der Waals surface area (Å²) in [6.45, 7) is 1.67. The lowest BCUT2D eigenvalue weighted by Crippen LogP contribution is -2.43. The largest absolute Gasteiger partial charge is 0.465 e. The monoisotopic (exact) mass is 268 g/mol. The van der Waals surface area contributed by atoms with Crippen molar-refractivity contribution in [1.29, 1.82) is 0 Å². The van der Waals surface area contributed by atoms with E-state index in [1.54, 1.807) is 6.07 Å². The molecule has 0 radical (unpaired) electrons. The number of aliphatic hydroxyl groups excluding tert-OH is 1. The molecule has 0 aromatic carbocycles. The number of hydrogen-bond donors (Lipinski definition) is 2. The first kappa shape index (κ1) is 13.7. The van der Waals surface area contributed by atoms with Crippen molar-refractivity contribution in [2.45, 2.75) is 38.1 Å². The molecule has 2 rings (SSSR count). The average Bonchev–Trinajstić information content (AvgIpc) is 2.71. The minimum absolute atomic E-state index is 0.0410. The third-order valence-corrected chi connectivity index (χ3v) is 3.35. The van der Waals surface area contributed by atoms with Gasteiger partial charge >= 0.3 is 6.09 Å². The minimum atomic E-state index is -1.21. The zero-order chi connectivity index (χ0) is 14.0. The van der Waals surface area contributed by atoms with Crippen molar-refractivity contribution in [3.63, 3.8) is 0 Å². The highest BCUT2D eigenvalue weighted by Gasteiger charge is 2.39. The van der Waals surface area contributed by atoms with Crippen molar-refractivity contribution < 1.29 is 19.4 Å². The number of halogens is 1. The number of rotatable bonds is 3. The normalized spacial score (nSPS) is 24.5. The summed E-state index contributed by atoms with van der Waals surface area (Å²) in [5, 5.41) is 19.1. The number of aliphatic hydroxyl groups is 1. The first-order valence-electron chi connectivity index (χ1n) is 6.21. The van der Waals surface area contributed by atoms with Gasteiger partial charge in [0.2, 0.25) is 0 Å². The van der Waals surface area contributed by atoms with Gasteiger partial charge in [0.15, 0.2) is 0 Å². The van der Waals surface area contributed by atoms with Crippen LogP contribution in [0.15, 0.2) is 18.2 Å². The molecule has 2 unspecified atom stereocenters. The van der Waals surface area contributed by atoms with Gasteiger partial charge in [0.1, 0.15) is 6.17 Å². The van der Waals surface area contributed by atoms with E-state index in [4.69, 9.17) is 5.11 Å². The standard InChI is InChI=1S/C13H17FN2O3/c1-8-3-2-4-10(15-8)6-12(17)11-5-9(14)7-16(11)13(18)19/h2-4,9,11-12,17H,5-7H2,1H3,(H,18,19)/t9?,11?,12-/m1/s1. The molecule has 1 aliphatic rings. The number of amides is 1. The summed E-state index contributed by atoms with van der Waals surface area (Å²) in [4.78, 5) is 16.2. The Labute approximate surface area is 110 Å². The van der Waals surface area contributed by atoms with Crippen molar-refractivity contribution in [2.24, 2.45) is 0 Å². The van der Waals surface area contributed by atoms with Gasteiger partial charge in [-0.1, -0.05) is 6.07 Å². The van der Waals surface area contributed by atoms with Crippen LogP contribution in [-0.2, 0) is 6.42 Å². The fourth-order valence-electron chi connectivity index (χ4n) is 2.46. The first-order valence-corrected chi connectivity index (χ1v) is 6.21. The van der Waals surface area contributed by atoms with Crippen LogP contribution in [0.25, 0.3) is 0 Å². The maximum absolute atomic E-state index is 13.3. The van der Waals surface area contributed by atoms with Crippen LogP contribution in [0.5, 0.6) is 0 Å². The number of carbonyl (C=O) groups is 1. The number of alkyl halides is 1. The number of aryl methyl sites for hydroxylation is 1. The van der Waals surface area contributed by atoms with E-state index in [0.29, 0.717) is 5.69 Å². The summed E-state index contributed by atoms with van der Waals surface area (Å²) >= 11 is 0. The first-order chi connectivity index (χ1) is 8.97. The van der Waals surface area contributed by atoms with Gasteiger partial charge < -0.3 is 10.2 Å². The van der Waals surface area contributed by atoms with E-state index >= 15 is 0 Å². The van der Waals surface area contributed by atoms with Crippen LogP contribution in [0.2, 0.25) is 0 Å². The van der Waals surface area contributed by atoms with E-state index in [0.717, 1.165) is 10.6 Å². The molecule has 19 heavy (non-hydrogen) atoms. The molecule has 0 bridgehead atoms. The summed E-state index contributed by atoms with van der Waals surface area (Å²) in [6.07, 6.45) is -3.07. The SMILES string of the molecule is Cc1cccc(C[C@@H](O)C2CC(F)CN2C(=O)O)n1. The van der Waals surface area contributed by atoms with Gasteiger partial charge in [-0.15, -0.1) is 0 Å². The Kier molecular flexibility index (Phi) is 3.99. The van der Waals surface area contributed by atoms with E-state index < -0.39 is 24.4 Å². The van der Waals surface area contributed by atoms with E-state index in [9.17, 15) is 14.3 Å². The molecule has 1 fully saturated rings. The van der Waals surface area contributed by atoms with Crippen LogP contribution in [-0.4, -0.2) is 51.1 Å². The van der Waals surface area contributed by atoms with E-state index in [1.807, 2.05) is 19.1 Å². The second kappa shape index (κ2) is 5.52. The predicted molar refractivity (Wildman–Crippen MR) is 66.7 cm³/mol. The molecule has 1 aromatic rings. The molecular formula is C13H17FN2O3. The quantitative estimate of drug-likeness (QED) is 0.868. The van der Waals surface area contributed by atoms with Crippen molar-refractivity contribution in [2.75, 3.05) is 6.54 Å². The molecule has 1 saturated heterocycles. The smallest absolute Gasteiger partial charge is 0.407 e. The molecule has 0 aliphatic carbocycles. The predicted octanol–water partition coefficient (Wildman–Crippen LogP) is 1.38. The summed E-state index contributed by atoms with van der Waals surface area (Å²) < 4.78 is 13.3. The summed E-state index contributed by atoms with van der Waals surface area (Å²) in [5.74, 6) is 0. The van der Waals surface area contributed by atoms with Crippen LogP contribution in [0.1, 0.15) is 17.8 Å². The van der Waals surface area contributed by atoms with Crippen LogP contribution in [0, 0.1) is 6.92 Å². The van der Waals surface area contributed by atoms with Gasteiger partial charge in [-0.05, 0) is 19.1 Å². The topological polar surface area (TPSA) is 73.7 Å². The Morgan fingerprint density at radius 3 is 3.00 bits per heavy atom. The molecule has 0 saturated carbocycles. The Hall–Kier alpha value is -1.69. The molecule has 1 aromatic heterocycles. The number of aromatic nitrogens is 1. The highest BCUT2D eigenvalue weighted by atomic mass is 19.1. The van der Waals surface area contributed by atoms with Crippen molar-refractivity contribution >= 4 is 6.09 Å². The van der Waals surface area contributed by atoms with Crippen molar-refractivity contribution in [1.82, 2.24) is 9.88 Å². The van der Waals surface area contributed by atoms with Crippen molar-refractivity contribution in [3.05, 3.63) is 29.6 Å². The average molecular weight is 268 g/mol. The number of pyridine rings is 1. The highest BCUT2D eigenvalue weighted by molar-refractivity contribution is 5.66. The maximum atomic E-state index is 13.3. The molecule has 2 N–H and O–H groups in total. The third kappa shape index (κ3) is 3.20. The third-order valence-electron chi connectivity index (χ3n) is 3.35. The minimum Gasteiger partial charge on any atom is -0.465 e. The number of carboxylic acid groups (broad SMARTS) is 1. The summed E-state index contributed by atoms with van der Waals surface area (Å²) in [6, 6.07) is 4.73. The second-order valence-electron chi connectivity index (χ2n) is 4.88. The molecule has 6 heteroatoms. The second-order valence-corrected chi connectivity index (χ2v) is 4.88. The van der Waals surface area contributed by atoms with Gasteiger partial charge in [0, 0.05) is 24.2 Å². The lowest BCUT2D eigenvalue weighted by atomic mass is 10.0. The van der Waals surface area contributed by atoms with Crippen LogP contribution in [0.4, 0.5) is 9.18 Å². The van der Waals surface area contributed by atoms with E-state index in [-0.39, 0.29) is 19.4 Å². The number of nitrogens with zero attached hydrogens (tertiary/aromatic N) is 2. The molecule has 104 valence electrons. The van der Waals surface area contributed by atoms with E-state index in [1.165, 1.54) is 0 Å².